The van der Waals surface area contributed by atoms with E-state index in [9.17, 15) is 18.4 Å². The van der Waals surface area contributed by atoms with Gasteiger partial charge in [-0.3, -0.25) is 14.4 Å². The van der Waals surface area contributed by atoms with E-state index in [1.807, 2.05) is 29.9 Å². The van der Waals surface area contributed by atoms with Crippen molar-refractivity contribution in [2.24, 2.45) is 0 Å². The summed E-state index contributed by atoms with van der Waals surface area (Å²) in [5.41, 5.74) is 2.77. The van der Waals surface area contributed by atoms with Crippen LogP contribution in [0.1, 0.15) is 32.7 Å². The van der Waals surface area contributed by atoms with Gasteiger partial charge in [0.05, 0.1) is 42.9 Å². The van der Waals surface area contributed by atoms with Gasteiger partial charge >= 0.3 is 6.09 Å². The van der Waals surface area contributed by atoms with Crippen molar-refractivity contribution < 1.29 is 27.8 Å². The lowest BCUT2D eigenvalue weighted by atomic mass is 9.91. The number of aromatic nitrogens is 2. The maximum Gasteiger partial charge on any atom is 0.414 e. The molecule has 170 valence electrons. The predicted molar refractivity (Wildman–Crippen MR) is 112 cm³/mol. The van der Waals surface area contributed by atoms with Gasteiger partial charge in [0.2, 0.25) is 5.91 Å². The Hall–Kier alpha value is -3.01. The molecule has 1 saturated carbocycles. The maximum atomic E-state index is 13.2. The van der Waals surface area contributed by atoms with Gasteiger partial charge in [0.1, 0.15) is 6.10 Å². The number of carbonyl (C=O) groups excluding carboxylic acids is 2. The van der Waals surface area contributed by atoms with E-state index in [0.29, 0.717) is 24.6 Å². The van der Waals surface area contributed by atoms with Crippen LogP contribution >= 0.6 is 0 Å². The molecule has 1 saturated heterocycles. The molecule has 1 aliphatic carbocycles. The van der Waals surface area contributed by atoms with Gasteiger partial charge in [-0.2, -0.15) is 5.10 Å². The zero-order valence-corrected chi connectivity index (χ0v) is 17.8. The van der Waals surface area contributed by atoms with E-state index in [1.165, 1.54) is 11.8 Å². The number of nitrogens with zero attached hydrogens (tertiary/aromatic N) is 4. The van der Waals surface area contributed by atoms with Crippen molar-refractivity contribution >= 4 is 23.4 Å². The Balaban J connectivity index is 1.46. The number of hydrogen-bond donors (Lipinski definition) is 0. The van der Waals surface area contributed by atoms with Gasteiger partial charge in [-0.25, -0.2) is 13.6 Å². The molecule has 1 unspecified atom stereocenters. The minimum atomic E-state index is -2.78. The largest absolute Gasteiger partial charge is 0.445 e. The Labute approximate surface area is 183 Å². The van der Waals surface area contributed by atoms with E-state index in [4.69, 9.17) is 9.47 Å². The summed E-state index contributed by atoms with van der Waals surface area (Å²) in [7, 11) is 0. The molecule has 2 amide bonds. The molecular formula is C22H24F2N4O4. The first-order valence-corrected chi connectivity index (χ1v) is 10.6. The number of anilines is 2. The summed E-state index contributed by atoms with van der Waals surface area (Å²) in [6.07, 6.45) is 1.27. The fraction of sp³-hybridized carbons (Fsp3) is 0.500. The standard InChI is InChI=1S/C22H24F2N4O4/c1-13-9-26(21(30)32-18-6-22(23,24)7-18)20-5-15(3-4-19(20)28(13)14(2)29)16-8-25-27(10-16)17-11-31-12-17/h3-5,8,10,13,17-18H,6-7,9,11-12H2,1-2H3. The van der Waals surface area contributed by atoms with Crippen molar-refractivity contribution in [2.45, 2.75) is 50.8 Å². The average Bonchev–Trinajstić information content (AvgIpc) is 3.13. The highest BCUT2D eigenvalue weighted by Crippen LogP contribution is 2.42. The van der Waals surface area contributed by atoms with Crippen LogP contribution in [0.25, 0.3) is 11.1 Å². The molecule has 3 aliphatic rings. The lowest BCUT2D eigenvalue weighted by Gasteiger charge is -2.42. The SMILES string of the molecule is CC(=O)N1c2ccc(-c3cnn(C4COC4)c3)cc2N(C(=O)OC2CC(F)(F)C2)CC1C. The van der Waals surface area contributed by atoms with E-state index in [-0.39, 0.29) is 24.5 Å². The minimum absolute atomic E-state index is 0.143. The lowest BCUT2D eigenvalue weighted by molar-refractivity contribution is -0.143. The number of halogens is 2. The predicted octanol–water partition coefficient (Wildman–Crippen LogP) is 3.62. The smallest absolute Gasteiger partial charge is 0.414 e. The highest BCUT2D eigenvalue weighted by Gasteiger charge is 2.48. The molecule has 0 N–H and O–H groups in total. The zero-order valence-electron chi connectivity index (χ0n) is 17.8. The Morgan fingerprint density at radius 1 is 1.19 bits per heavy atom. The number of ether oxygens (including phenoxy) is 2. The van der Waals surface area contributed by atoms with Crippen molar-refractivity contribution in [3.63, 3.8) is 0 Å². The average molecular weight is 446 g/mol. The number of fused-ring (bicyclic) bond motifs is 1. The topological polar surface area (TPSA) is 76.9 Å². The summed E-state index contributed by atoms with van der Waals surface area (Å²) in [4.78, 5) is 28.3. The Kier molecular flexibility index (Phi) is 4.92. The van der Waals surface area contributed by atoms with Crippen LogP contribution in [0.3, 0.4) is 0 Å². The van der Waals surface area contributed by atoms with Gasteiger partial charge in [-0.15, -0.1) is 0 Å². The molecule has 2 fully saturated rings. The molecule has 2 aromatic rings. The van der Waals surface area contributed by atoms with Gasteiger partial charge in [0.15, 0.2) is 0 Å². The summed E-state index contributed by atoms with van der Waals surface area (Å²) in [6, 6.07) is 5.40. The molecule has 0 spiro atoms. The highest BCUT2D eigenvalue weighted by atomic mass is 19.3. The van der Waals surface area contributed by atoms with Crippen LogP contribution in [0.15, 0.2) is 30.6 Å². The molecule has 2 aliphatic heterocycles. The molecular weight excluding hydrogens is 422 g/mol. The van der Waals surface area contributed by atoms with Crippen LogP contribution in [-0.4, -0.2) is 59.6 Å². The van der Waals surface area contributed by atoms with Gasteiger partial charge in [-0.1, -0.05) is 6.07 Å². The van der Waals surface area contributed by atoms with Crippen molar-refractivity contribution in [2.75, 3.05) is 29.6 Å². The molecule has 1 aromatic carbocycles. The van der Waals surface area contributed by atoms with Gasteiger partial charge in [0, 0.05) is 38.1 Å². The van der Waals surface area contributed by atoms with Crippen molar-refractivity contribution in [1.82, 2.24) is 9.78 Å². The van der Waals surface area contributed by atoms with Gasteiger partial charge in [0.25, 0.3) is 5.92 Å². The summed E-state index contributed by atoms with van der Waals surface area (Å²) >= 11 is 0. The molecule has 5 rings (SSSR count). The number of benzene rings is 1. The number of alkyl halides is 2. The molecule has 0 bridgehead atoms. The molecule has 0 radical (unpaired) electrons. The zero-order chi connectivity index (χ0) is 22.6. The monoisotopic (exact) mass is 446 g/mol. The second-order valence-corrected chi connectivity index (χ2v) is 8.72. The number of amides is 2. The summed E-state index contributed by atoms with van der Waals surface area (Å²) in [6.45, 7) is 4.76. The second-order valence-electron chi connectivity index (χ2n) is 8.72. The number of hydrogen-bond acceptors (Lipinski definition) is 5. The Morgan fingerprint density at radius 3 is 2.56 bits per heavy atom. The molecule has 1 aromatic heterocycles. The number of rotatable bonds is 3. The molecule has 8 nitrogen and oxygen atoms in total. The lowest BCUT2D eigenvalue weighted by Crippen LogP contribution is -2.53. The third-order valence-corrected chi connectivity index (χ3v) is 6.22. The summed E-state index contributed by atoms with van der Waals surface area (Å²) in [5.74, 6) is -2.92. The Bertz CT molecular complexity index is 1060. The minimum Gasteiger partial charge on any atom is -0.445 e. The van der Waals surface area contributed by atoms with Gasteiger partial charge in [-0.05, 0) is 24.6 Å². The maximum absolute atomic E-state index is 13.2. The van der Waals surface area contributed by atoms with Crippen LogP contribution in [-0.2, 0) is 14.3 Å². The van der Waals surface area contributed by atoms with Crippen LogP contribution < -0.4 is 9.80 Å². The summed E-state index contributed by atoms with van der Waals surface area (Å²) in [5, 5.41) is 4.40. The summed E-state index contributed by atoms with van der Waals surface area (Å²) < 4.78 is 38.8. The van der Waals surface area contributed by atoms with Crippen LogP contribution in [0.4, 0.5) is 25.0 Å². The quantitative estimate of drug-likeness (QED) is 0.720. The van der Waals surface area contributed by atoms with E-state index < -0.39 is 31.0 Å². The third-order valence-electron chi connectivity index (χ3n) is 6.22. The molecule has 10 heteroatoms. The molecule has 3 heterocycles. The van der Waals surface area contributed by atoms with E-state index >= 15 is 0 Å². The number of carbonyl (C=O) groups is 2. The van der Waals surface area contributed by atoms with Crippen molar-refractivity contribution in [3.8, 4) is 11.1 Å². The van der Waals surface area contributed by atoms with E-state index in [2.05, 4.69) is 5.10 Å². The van der Waals surface area contributed by atoms with Gasteiger partial charge < -0.3 is 14.4 Å². The van der Waals surface area contributed by atoms with Crippen LogP contribution in [0.5, 0.6) is 0 Å². The second kappa shape index (κ2) is 7.54. The third kappa shape index (κ3) is 3.62. The molecule has 32 heavy (non-hydrogen) atoms. The highest BCUT2D eigenvalue weighted by molar-refractivity contribution is 6.03. The van der Waals surface area contributed by atoms with E-state index in [0.717, 1.165) is 11.1 Å². The first kappa shape index (κ1) is 20.9. The van der Waals surface area contributed by atoms with Crippen LogP contribution in [0.2, 0.25) is 0 Å². The Morgan fingerprint density at radius 2 is 1.94 bits per heavy atom. The fourth-order valence-corrected chi connectivity index (χ4v) is 4.42. The van der Waals surface area contributed by atoms with E-state index in [1.54, 1.807) is 17.2 Å². The fourth-order valence-electron chi connectivity index (χ4n) is 4.42. The van der Waals surface area contributed by atoms with Crippen molar-refractivity contribution in [1.29, 1.82) is 0 Å². The first-order valence-electron chi connectivity index (χ1n) is 10.6. The molecule has 1 atom stereocenters. The first-order chi connectivity index (χ1) is 15.2. The normalized spacial score (nSPS) is 22.7. The van der Waals surface area contributed by atoms with Crippen LogP contribution in [0, 0.1) is 0 Å². The van der Waals surface area contributed by atoms with Crippen molar-refractivity contribution in [3.05, 3.63) is 30.6 Å².